The summed E-state index contributed by atoms with van der Waals surface area (Å²) in [6.45, 7) is 3.67. The molecule has 1 aromatic carbocycles. The molecule has 1 aliphatic heterocycles. The minimum atomic E-state index is -0.132. The summed E-state index contributed by atoms with van der Waals surface area (Å²) in [6, 6.07) is 7.56. The lowest BCUT2D eigenvalue weighted by atomic mass is 10.1. The standard InChI is InChI=1S/C20H21N5O3/c1-14(26)23-9-11-24(12-10-23)20(27)17-13-25-8-7-21-18(19(25)22-17)15-3-5-16(28-2)6-4-15/h3-8,13H,9-12H2,1-2H3. The van der Waals surface area contributed by atoms with Crippen LogP contribution >= 0.6 is 0 Å². The summed E-state index contributed by atoms with van der Waals surface area (Å²) in [5.41, 5.74) is 2.59. The van der Waals surface area contributed by atoms with E-state index in [1.165, 1.54) is 0 Å². The number of carbonyl (C=O) groups excluding carboxylic acids is 2. The van der Waals surface area contributed by atoms with E-state index in [1.54, 1.807) is 42.4 Å². The van der Waals surface area contributed by atoms with Crippen LogP contribution in [-0.2, 0) is 4.79 Å². The SMILES string of the molecule is COc1ccc(-c2nccn3cc(C(=O)N4CCN(C(C)=O)CC4)nc23)cc1. The average molecular weight is 379 g/mol. The van der Waals surface area contributed by atoms with Crippen LogP contribution in [0.5, 0.6) is 5.75 Å². The maximum atomic E-state index is 12.9. The Labute approximate surface area is 162 Å². The Balaban J connectivity index is 1.61. The monoisotopic (exact) mass is 379 g/mol. The van der Waals surface area contributed by atoms with E-state index in [2.05, 4.69) is 9.97 Å². The number of imidazole rings is 1. The van der Waals surface area contributed by atoms with Crippen LogP contribution in [0.15, 0.2) is 42.9 Å². The van der Waals surface area contributed by atoms with Gasteiger partial charge in [0.1, 0.15) is 17.1 Å². The second-order valence-corrected chi connectivity index (χ2v) is 6.66. The van der Waals surface area contributed by atoms with E-state index in [1.807, 2.05) is 28.7 Å². The predicted octanol–water partition coefficient (Wildman–Crippen LogP) is 1.71. The third-order valence-electron chi connectivity index (χ3n) is 4.97. The summed E-state index contributed by atoms with van der Waals surface area (Å²) in [5.74, 6) is 0.669. The van der Waals surface area contributed by atoms with Gasteiger partial charge in [0, 0.05) is 57.3 Å². The molecule has 2 amide bonds. The van der Waals surface area contributed by atoms with E-state index in [9.17, 15) is 9.59 Å². The highest BCUT2D eigenvalue weighted by Gasteiger charge is 2.25. The van der Waals surface area contributed by atoms with Crippen LogP contribution in [0.3, 0.4) is 0 Å². The molecule has 0 bridgehead atoms. The number of piperazine rings is 1. The average Bonchev–Trinajstić information content (AvgIpc) is 3.18. The Morgan fingerprint density at radius 1 is 1.04 bits per heavy atom. The molecule has 3 heterocycles. The van der Waals surface area contributed by atoms with Crippen LogP contribution in [0.25, 0.3) is 16.9 Å². The molecule has 0 N–H and O–H groups in total. The van der Waals surface area contributed by atoms with Crippen molar-refractivity contribution in [2.75, 3.05) is 33.3 Å². The molecule has 8 heteroatoms. The molecule has 1 fully saturated rings. The highest BCUT2D eigenvalue weighted by Crippen LogP contribution is 2.24. The molecule has 4 rings (SSSR count). The molecule has 0 unspecified atom stereocenters. The van der Waals surface area contributed by atoms with Crippen LogP contribution in [0.2, 0.25) is 0 Å². The number of carbonyl (C=O) groups is 2. The highest BCUT2D eigenvalue weighted by atomic mass is 16.5. The maximum absolute atomic E-state index is 12.9. The normalized spacial score (nSPS) is 14.4. The number of aromatic nitrogens is 3. The van der Waals surface area contributed by atoms with Gasteiger partial charge in [-0.15, -0.1) is 0 Å². The second-order valence-electron chi connectivity index (χ2n) is 6.66. The molecule has 28 heavy (non-hydrogen) atoms. The summed E-state index contributed by atoms with van der Waals surface area (Å²) < 4.78 is 7.01. The summed E-state index contributed by atoms with van der Waals surface area (Å²) in [5, 5.41) is 0. The van der Waals surface area contributed by atoms with Gasteiger partial charge < -0.3 is 18.9 Å². The van der Waals surface area contributed by atoms with E-state index in [4.69, 9.17) is 4.74 Å². The van der Waals surface area contributed by atoms with Crippen molar-refractivity contribution >= 4 is 17.5 Å². The van der Waals surface area contributed by atoms with Gasteiger partial charge in [0.25, 0.3) is 5.91 Å². The number of benzene rings is 1. The first-order valence-electron chi connectivity index (χ1n) is 9.10. The fourth-order valence-electron chi connectivity index (χ4n) is 3.36. The minimum absolute atomic E-state index is 0.0371. The van der Waals surface area contributed by atoms with Crippen molar-refractivity contribution in [2.45, 2.75) is 6.92 Å². The fourth-order valence-corrected chi connectivity index (χ4v) is 3.36. The van der Waals surface area contributed by atoms with Crippen molar-refractivity contribution in [1.29, 1.82) is 0 Å². The topological polar surface area (TPSA) is 80.0 Å². The van der Waals surface area contributed by atoms with E-state index >= 15 is 0 Å². The number of ether oxygens (including phenoxy) is 1. The zero-order chi connectivity index (χ0) is 19.7. The van der Waals surface area contributed by atoms with Gasteiger partial charge in [0.15, 0.2) is 5.65 Å². The van der Waals surface area contributed by atoms with Gasteiger partial charge in [0.2, 0.25) is 5.91 Å². The number of methoxy groups -OCH3 is 1. The first-order chi connectivity index (χ1) is 13.6. The van der Waals surface area contributed by atoms with E-state index in [-0.39, 0.29) is 11.8 Å². The largest absolute Gasteiger partial charge is 0.497 e. The Hall–Kier alpha value is -3.42. The summed E-state index contributed by atoms with van der Waals surface area (Å²) >= 11 is 0. The number of fused-ring (bicyclic) bond motifs is 1. The quantitative estimate of drug-likeness (QED) is 0.692. The number of nitrogens with zero attached hydrogens (tertiary/aromatic N) is 5. The van der Waals surface area contributed by atoms with Crippen LogP contribution in [-0.4, -0.2) is 69.3 Å². The van der Waals surface area contributed by atoms with Crippen molar-refractivity contribution in [2.24, 2.45) is 0 Å². The Morgan fingerprint density at radius 2 is 1.71 bits per heavy atom. The Kier molecular flexibility index (Phi) is 4.68. The van der Waals surface area contributed by atoms with Crippen LogP contribution in [0, 0.1) is 0 Å². The Bertz CT molecular complexity index is 1020. The second kappa shape index (κ2) is 7.30. The molecule has 8 nitrogen and oxygen atoms in total. The molecular formula is C20H21N5O3. The van der Waals surface area contributed by atoms with Gasteiger partial charge in [-0.2, -0.15) is 0 Å². The fraction of sp³-hybridized carbons (Fsp3) is 0.300. The van der Waals surface area contributed by atoms with Gasteiger partial charge in [-0.05, 0) is 24.3 Å². The molecule has 0 aliphatic carbocycles. The van der Waals surface area contributed by atoms with Gasteiger partial charge in [-0.1, -0.05) is 0 Å². The van der Waals surface area contributed by atoms with Crippen molar-refractivity contribution in [3.8, 4) is 17.0 Å². The van der Waals surface area contributed by atoms with E-state index < -0.39 is 0 Å². The lowest BCUT2D eigenvalue weighted by molar-refractivity contribution is -0.130. The lowest BCUT2D eigenvalue weighted by Crippen LogP contribution is -2.50. The molecule has 0 radical (unpaired) electrons. The number of hydrogen-bond acceptors (Lipinski definition) is 5. The number of rotatable bonds is 3. The summed E-state index contributed by atoms with van der Waals surface area (Å²) in [6.07, 6.45) is 5.19. The van der Waals surface area contributed by atoms with Crippen molar-refractivity contribution in [3.63, 3.8) is 0 Å². The third kappa shape index (κ3) is 3.28. The molecule has 1 saturated heterocycles. The van der Waals surface area contributed by atoms with Gasteiger partial charge in [-0.3, -0.25) is 14.6 Å². The van der Waals surface area contributed by atoms with Crippen molar-refractivity contribution in [1.82, 2.24) is 24.2 Å². The smallest absolute Gasteiger partial charge is 0.274 e. The molecule has 1 aliphatic rings. The molecule has 2 aromatic heterocycles. The third-order valence-corrected chi connectivity index (χ3v) is 4.97. The highest BCUT2D eigenvalue weighted by molar-refractivity contribution is 5.94. The number of amides is 2. The molecule has 0 atom stereocenters. The number of hydrogen-bond donors (Lipinski definition) is 0. The zero-order valence-electron chi connectivity index (χ0n) is 15.8. The molecular weight excluding hydrogens is 358 g/mol. The maximum Gasteiger partial charge on any atom is 0.274 e. The summed E-state index contributed by atoms with van der Waals surface area (Å²) in [4.78, 5) is 36.9. The minimum Gasteiger partial charge on any atom is -0.497 e. The van der Waals surface area contributed by atoms with E-state index in [0.29, 0.717) is 43.2 Å². The molecule has 3 aromatic rings. The zero-order valence-corrected chi connectivity index (χ0v) is 15.8. The van der Waals surface area contributed by atoms with Gasteiger partial charge in [0.05, 0.1) is 7.11 Å². The summed E-state index contributed by atoms with van der Waals surface area (Å²) in [7, 11) is 1.62. The molecule has 0 saturated carbocycles. The van der Waals surface area contributed by atoms with Crippen LogP contribution in [0.4, 0.5) is 0 Å². The van der Waals surface area contributed by atoms with Crippen LogP contribution < -0.4 is 4.74 Å². The first kappa shape index (κ1) is 18.0. The van der Waals surface area contributed by atoms with Crippen LogP contribution in [0.1, 0.15) is 17.4 Å². The molecule has 0 spiro atoms. The first-order valence-corrected chi connectivity index (χ1v) is 9.10. The van der Waals surface area contributed by atoms with Crippen molar-refractivity contribution < 1.29 is 14.3 Å². The predicted molar refractivity (Wildman–Crippen MR) is 103 cm³/mol. The molecule has 144 valence electrons. The van der Waals surface area contributed by atoms with Crippen molar-refractivity contribution in [3.05, 3.63) is 48.5 Å². The van der Waals surface area contributed by atoms with Gasteiger partial charge >= 0.3 is 0 Å². The Morgan fingerprint density at radius 3 is 2.36 bits per heavy atom. The van der Waals surface area contributed by atoms with E-state index in [0.717, 1.165) is 11.3 Å². The van der Waals surface area contributed by atoms with Gasteiger partial charge in [-0.25, -0.2) is 4.98 Å². The lowest BCUT2D eigenvalue weighted by Gasteiger charge is -2.33.